The smallest absolute Gasteiger partial charge is 0.0630 e. The molecule has 0 heterocycles. The van der Waals surface area contributed by atoms with Gasteiger partial charge in [-0.3, -0.25) is 5.43 Å². The van der Waals surface area contributed by atoms with Crippen LogP contribution in [0.15, 0.2) is 65.3 Å². The SMILES string of the molecule is CC1=C(c2ccccc2C=NNc2c(C(C)C)cccc2C(C)C)CC=C1. The Balaban J connectivity index is 1.91. The van der Waals surface area contributed by atoms with Gasteiger partial charge in [0.2, 0.25) is 0 Å². The number of nitrogens with zero attached hydrogens (tertiary/aromatic N) is 1. The number of nitrogens with one attached hydrogen (secondary N) is 1. The minimum atomic E-state index is 0.450. The monoisotopic (exact) mass is 358 g/mol. The molecule has 2 aromatic carbocycles. The summed E-state index contributed by atoms with van der Waals surface area (Å²) < 4.78 is 0. The molecule has 140 valence electrons. The van der Waals surface area contributed by atoms with E-state index in [0.29, 0.717) is 11.8 Å². The third kappa shape index (κ3) is 4.21. The molecule has 1 N–H and O–H groups in total. The molecule has 0 atom stereocenters. The third-order valence-electron chi connectivity index (χ3n) is 5.20. The molecule has 0 bridgehead atoms. The summed E-state index contributed by atoms with van der Waals surface area (Å²) in [5, 5.41) is 4.64. The van der Waals surface area contributed by atoms with Gasteiger partial charge in [-0.2, -0.15) is 5.10 Å². The van der Waals surface area contributed by atoms with Crippen molar-refractivity contribution in [2.75, 3.05) is 5.43 Å². The first-order valence-corrected chi connectivity index (χ1v) is 9.86. The average Bonchev–Trinajstić information content (AvgIpc) is 3.07. The first kappa shape index (κ1) is 19.2. The highest BCUT2D eigenvalue weighted by Crippen LogP contribution is 2.33. The second-order valence-electron chi connectivity index (χ2n) is 7.85. The Morgan fingerprint density at radius 2 is 1.59 bits per heavy atom. The lowest BCUT2D eigenvalue weighted by atomic mass is 9.93. The van der Waals surface area contributed by atoms with Crippen molar-refractivity contribution in [1.29, 1.82) is 0 Å². The van der Waals surface area contributed by atoms with Crippen molar-refractivity contribution in [3.8, 4) is 0 Å². The van der Waals surface area contributed by atoms with Crippen LogP contribution in [0.5, 0.6) is 0 Å². The Hall–Kier alpha value is -2.61. The highest BCUT2D eigenvalue weighted by Gasteiger charge is 2.14. The standard InChI is InChI=1S/C25H30N2/c1-17(2)21-13-9-14-22(18(3)4)25(21)27-26-16-20-11-6-7-12-24(20)23-15-8-10-19(23)5/h6-14,16-18,27H,15H2,1-5H3. The number of para-hydroxylation sites is 1. The molecule has 2 nitrogen and oxygen atoms in total. The summed E-state index contributed by atoms with van der Waals surface area (Å²) in [6, 6.07) is 15.0. The zero-order valence-electron chi connectivity index (χ0n) is 17.1. The molecule has 0 fully saturated rings. The lowest BCUT2D eigenvalue weighted by molar-refractivity contribution is 0.835. The first-order chi connectivity index (χ1) is 13.0. The van der Waals surface area contributed by atoms with Crippen LogP contribution in [-0.4, -0.2) is 6.21 Å². The summed E-state index contributed by atoms with van der Waals surface area (Å²) in [5.41, 5.74) is 12.3. The molecule has 0 amide bonds. The Kier molecular flexibility index (Phi) is 5.95. The third-order valence-corrected chi connectivity index (χ3v) is 5.20. The van der Waals surface area contributed by atoms with E-state index in [1.165, 1.54) is 27.8 Å². The van der Waals surface area contributed by atoms with E-state index in [4.69, 9.17) is 0 Å². The summed E-state index contributed by atoms with van der Waals surface area (Å²) >= 11 is 0. The van der Waals surface area contributed by atoms with Gasteiger partial charge in [0, 0.05) is 5.56 Å². The maximum absolute atomic E-state index is 4.64. The van der Waals surface area contributed by atoms with E-state index in [1.54, 1.807) is 0 Å². The Morgan fingerprint density at radius 1 is 0.926 bits per heavy atom. The maximum Gasteiger partial charge on any atom is 0.0630 e. The highest BCUT2D eigenvalue weighted by molar-refractivity contribution is 5.90. The molecule has 0 aliphatic heterocycles. The van der Waals surface area contributed by atoms with Crippen LogP contribution < -0.4 is 5.43 Å². The van der Waals surface area contributed by atoms with Crippen LogP contribution in [0.1, 0.15) is 75.1 Å². The van der Waals surface area contributed by atoms with Crippen molar-refractivity contribution in [2.45, 2.75) is 52.9 Å². The van der Waals surface area contributed by atoms with E-state index in [9.17, 15) is 0 Å². The van der Waals surface area contributed by atoms with Crippen LogP contribution in [0, 0.1) is 0 Å². The van der Waals surface area contributed by atoms with Crippen molar-refractivity contribution in [3.63, 3.8) is 0 Å². The van der Waals surface area contributed by atoms with E-state index in [1.807, 2.05) is 6.21 Å². The summed E-state index contributed by atoms with van der Waals surface area (Å²) in [6.45, 7) is 11.1. The number of allylic oxidation sites excluding steroid dienone is 4. The van der Waals surface area contributed by atoms with Crippen molar-refractivity contribution >= 4 is 17.5 Å². The van der Waals surface area contributed by atoms with Crippen molar-refractivity contribution in [3.05, 3.63) is 82.4 Å². The Morgan fingerprint density at radius 3 is 2.19 bits per heavy atom. The molecule has 27 heavy (non-hydrogen) atoms. The van der Waals surface area contributed by atoms with Crippen molar-refractivity contribution < 1.29 is 0 Å². The lowest BCUT2D eigenvalue weighted by Crippen LogP contribution is -2.04. The van der Waals surface area contributed by atoms with Crippen LogP contribution in [-0.2, 0) is 0 Å². The number of hydrazone groups is 1. The van der Waals surface area contributed by atoms with Gasteiger partial charge in [0.05, 0.1) is 11.9 Å². The molecular weight excluding hydrogens is 328 g/mol. The molecular formula is C25H30N2. The minimum absolute atomic E-state index is 0.450. The number of hydrogen-bond donors (Lipinski definition) is 1. The normalized spacial score (nSPS) is 14.2. The molecule has 0 saturated carbocycles. The molecule has 2 heteroatoms. The lowest BCUT2D eigenvalue weighted by Gasteiger charge is -2.18. The van der Waals surface area contributed by atoms with Crippen LogP contribution in [0.3, 0.4) is 0 Å². The predicted octanol–water partition coefficient (Wildman–Crippen LogP) is 7.11. The second-order valence-corrected chi connectivity index (χ2v) is 7.85. The van der Waals surface area contributed by atoms with Crippen LogP contribution in [0.25, 0.3) is 5.57 Å². The van der Waals surface area contributed by atoms with Crippen molar-refractivity contribution in [1.82, 2.24) is 0 Å². The van der Waals surface area contributed by atoms with Crippen LogP contribution >= 0.6 is 0 Å². The van der Waals surface area contributed by atoms with Crippen molar-refractivity contribution in [2.24, 2.45) is 5.10 Å². The van der Waals surface area contributed by atoms with Gasteiger partial charge in [-0.15, -0.1) is 0 Å². The summed E-state index contributed by atoms with van der Waals surface area (Å²) in [7, 11) is 0. The molecule has 2 aromatic rings. The fraction of sp³-hybridized carbons (Fsp3) is 0.320. The Labute approximate surface area is 163 Å². The Bertz CT molecular complexity index is 872. The second kappa shape index (κ2) is 8.39. The van der Waals surface area contributed by atoms with E-state index >= 15 is 0 Å². The molecule has 0 aromatic heterocycles. The van der Waals surface area contributed by atoms with Gasteiger partial charge in [-0.05, 0) is 53.0 Å². The average molecular weight is 359 g/mol. The van der Waals surface area contributed by atoms with Gasteiger partial charge < -0.3 is 0 Å². The molecule has 0 spiro atoms. The van der Waals surface area contributed by atoms with Gasteiger partial charge in [0.15, 0.2) is 0 Å². The molecule has 1 aliphatic carbocycles. The molecule has 3 rings (SSSR count). The zero-order valence-corrected chi connectivity index (χ0v) is 17.1. The zero-order chi connectivity index (χ0) is 19.4. The van der Waals surface area contributed by atoms with Gasteiger partial charge in [0.25, 0.3) is 0 Å². The first-order valence-electron chi connectivity index (χ1n) is 9.86. The van der Waals surface area contributed by atoms with Gasteiger partial charge in [-0.25, -0.2) is 0 Å². The van der Waals surface area contributed by atoms with Gasteiger partial charge in [-0.1, -0.05) is 82.3 Å². The van der Waals surface area contributed by atoms with Crippen LogP contribution in [0.2, 0.25) is 0 Å². The maximum atomic E-state index is 4.64. The number of hydrogen-bond acceptors (Lipinski definition) is 2. The quantitative estimate of drug-likeness (QED) is 0.432. The van der Waals surface area contributed by atoms with E-state index < -0.39 is 0 Å². The van der Waals surface area contributed by atoms with E-state index in [0.717, 1.165) is 17.7 Å². The van der Waals surface area contributed by atoms with E-state index in [-0.39, 0.29) is 0 Å². The minimum Gasteiger partial charge on any atom is -0.278 e. The molecule has 0 unspecified atom stereocenters. The summed E-state index contributed by atoms with van der Waals surface area (Å²) in [6.07, 6.45) is 7.38. The predicted molar refractivity (Wildman–Crippen MR) is 119 cm³/mol. The molecule has 0 saturated heterocycles. The fourth-order valence-corrected chi connectivity index (χ4v) is 3.67. The van der Waals surface area contributed by atoms with Gasteiger partial charge in [0.1, 0.15) is 0 Å². The van der Waals surface area contributed by atoms with E-state index in [2.05, 4.69) is 99.8 Å². The largest absolute Gasteiger partial charge is 0.278 e. The number of rotatable bonds is 6. The highest BCUT2D eigenvalue weighted by atomic mass is 15.3. The fourth-order valence-electron chi connectivity index (χ4n) is 3.67. The van der Waals surface area contributed by atoms with Crippen LogP contribution in [0.4, 0.5) is 5.69 Å². The molecule has 1 aliphatic rings. The van der Waals surface area contributed by atoms with Gasteiger partial charge >= 0.3 is 0 Å². The summed E-state index contributed by atoms with van der Waals surface area (Å²) in [4.78, 5) is 0. The number of benzene rings is 2. The molecule has 0 radical (unpaired) electrons. The topological polar surface area (TPSA) is 24.4 Å². The summed E-state index contributed by atoms with van der Waals surface area (Å²) in [5.74, 6) is 0.900. The number of anilines is 1.